The van der Waals surface area contributed by atoms with Crippen LogP contribution in [0.4, 0.5) is 0 Å². The van der Waals surface area contributed by atoms with Crippen LogP contribution in [0.1, 0.15) is 102 Å². The average Bonchev–Trinajstić information content (AvgIpc) is 2.66. The lowest BCUT2D eigenvalue weighted by Gasteiger charge is -2.06. The largest absolute Gasteiger partial charge is 0.504 e. The van der Waals surface area contributed by atoms with Crippen molar-refractivity contribution in [2.45, 2.75) is 103 Å². The van der Waals surface area contributed by atoms with Gasteiger partial charge in [-0.25, -0.2) is 0 Å². The van der Waals surface area contributed by atoms with Crippen molar-refractivity contribution in [1.29, 1.82) is 0 Å². The lowest BCUT2D eigenvalue weighted by molar-refractivity contribution is -0.145. The fourth-order valence-electron chi connectivity index (χ4n) is 3.18. The van der Waals surface area contributed by atoms with E-state index in [-0.39, 0.29) is 24.1 Å². The highest BCUT2D eigenvalue weighted by Crippen LogP contribution is 2.25. The third-order valence-corrected chi connectivity index (χ3v) is 4.92. The molecule has 1 aromatic carbocycles. The summed E-state index contributed by atoms with van der Waals surface area (Å²) in [5, 5.41) is 18.7. The molecule has 0 aromatic heterocycles. The maximum absolute atomic E-state index is 11.7. The summed E-state index contributed by atoms with van der Waals surface area (Å²) in [5.74, 6) is -0.567. The van der Waals surface area contributed by atoms with Crippen molar-refractivity contribution >= 4 is 5.97 Å². The number of aromatic hydroxyl groups is 2. The molecule has 4 heteroatoms. The first kappa shape index (κ1) is 23.3. The Bertz CT molecular complexity index is 513. The van der Waals surface area contributed by atoms with Crippen LogP contribution in [0.5, 0.6) is 11.5 Å². The Kier molecular flexibility index (Phi) is 13.3. The summed E-state index contributed by atoms with van der Waals surface area (Å²) >= 11 is 0. The molecule has 0 unspecified atom stereocenters. The molecule has 0 aliphatic heterocycles. The maximum Gasteiger partial charge on any atom is 0.306 e. The van der Waals surface area contributed by atoms with E-state index in [9.17, 15) is 15.0 Å². The number of hydrogen-bond acceptors (Lipinski definition) is 4. The first-order valence-electron chi connectivity index (χ1n) is 10.8. The fraction of sp³-hybridized carbons (Fsp3) is 0.696. The summed E-state index contributed by atoms with van der Waals surface area (Å²) in [5.41, 5.74) is 0.670. The van der Waals surface area contributed by atoms with Gasteiger partial charge in [-0.2, -0.15) is 0 Å². The van der Waals surface area contributed by atoms with Gasteiger partial charge in [-0.05, 0) is 24.1 Å². The Morgan fingerprint density at radius 1 is 0.778 bits per heavy atom. The minimum atomic E-state index is -0.203. The third-order valence-electron chi connectivity index (χ3n) is 4.92. The summed E-state index contributed by atoms with van der Waals surface area (Å²) in [6.07, 6.45) is 17.1. The minimum Gasteiger partial charge on any atom is -0.504 e. The number of unbranched alkanes of at least 4 members (excludes halogenated alkanes) is 12. The maximum atomic E-state index is 11.7. The first-order valence-corrected chi connectivity index (χ1v) is 10.8. The first-order chi connectivity index (χ1) is 13.1. The Labute approximate surface area is 164 Å². The van der Waals surface area contributed by atoms with E-state index in [4.69, 9.17) is 4.74 Å². The normalized spacial score (nSPS) is 10.9. The van der Waals surface area contributed by atoms with Crippen molar-refractivity contribution in [3.8, 4) is 11.5 Å². The smallest absolute Gasteiger partial charge is 0.306 e. The Morgan fingerprint density at radius 3 is 1.81 bits per heavy atom. The molecular formula is C23H38O4. The number of benzene rings is 1. The third kappa shape index (κ3) is 12.3. The molecular weight excluding hydrogens is 340 g/mol. The zero-order chi connectivity index (χ0) is 19.7. The predicted octanol–water partition coefficient (Wildman–Crippen LogP) is 6.62. The van der Waals surface area contributed by atoms with Gasteiger partial charge in [-0.15, -0.1) is 0 Å². The van der Waals surface area contributed by atoms with Crippen LogP contribution < -0.4 is 0 Å². The van der Waals surface area contributed by atoms with Gasteiger partial charge in [0.05, 0.1) is 0 Å². The molecule has 1 aromatic rings. The number of hydrogen-bond donors (Lipinski definition) is 2. The molecule has 154 valence electrons. The van der Waals surface area contributed by atoms with E-state index < -0.39 is 0 Å². The molecule has 0 spiro atoms. The second kappa shape index (κ2) is 15.4. The van der Waals surface area contributed by atoms with Gasteiger partial charge in [0.15, 0.2) is 11.5 Å². The Morgan fingerprint density at radius 2 is 1.30 bits per heavy atom. The topological polar surface area (TPSA) is 66.8 Å². The summed E-state index contributed by atoms with van der Waals surface area (Å²) in [6.45, 7) is 2.39. The average molecular weight is 379 g/mol. The van der Waals surface area contributed by atoms with Crippen LogP contribution in [0.25, 0.3) is 0 Å². The molecule has 27 heavy (non-hydrogen) atoms. The summed E-state index contributed by atoms with van der Waals surface area (Å²) < 4.78 is 5.20. The quantitative estimate of drug-likeness (QED) is 0.193. The Balaban J connectivity index is 1.89. The molecule has 0 atom stereocenters. The van der Waals surface area contributed by atoms with Gasteiger partial charge in [0.1, 0.15) is 6.61 Å². The van der Waals surface area contributed by atoms with E-state index in [1.54, 1.807) is 6.07 Å². The molecule has 0 saturated heterocycles. The fourth-order valence-corrected chi connectivity index (χ4v) is 3.18. The van der Waals surface area contributed by atoms with Crippen molar-refractivity contribution in [3.05, 3.63) is 23.8 Å². The van der Waals surface area contributed by atoms with Crippen molar-refractivity contribution in [2.75, 3.05) is 0 Å². The molecule has 1 rings (SSSR count). The van der Waals surface area contributed by atoms with Gasteiger partial charge in [0.25, 0.3) is 0 Å². The van der Waals surface area contributed by atoms with Crippen LogP contribution in [0.2, 0.25) is 0 Å². The van der Waals surface area contributed by atoms with E-state index in [0.29, 0.717) is 12.0 Å². The van der Waals surface area contributed by atoms with Crippen LogP contribution >= 0.6 is 0 Å². The standard InChI is InChI=1S/C23H38O4/c1-2-3-4-5-6-7-8-9-10-11-12-13-14-15-23(26)27-19-20-16-17-21(24)22(25)18-20/h16-18,24-25H,2-15,19H2,1H3. The van der Waals surface area contributed by atoms with Gasteiger partial charge in [-0.1, -0.05) is 90.0 Å². The molecule has 2 N–H and O–H groups in total. The number of ether oxygens (including phenoxy) is 1. The lowest BCUT2D eigenvalue weighted by Crippen LogP contribution is -2.04. The van der Waals surface area contributed by atoms with Crippen LogP contribution in [-0.4, -0.2) is 16.2 Å². The van der Waals surface area contributed by atoms with Crippen molar-refractivity contribution in [1.82, 2.24) is 0 Å². The van der Waals surface area contributed by atoms with Crippen molar-refractivity contribution in [2.24, 2.45) is 0 Å². The Hall–Kier alpha value is -1.71. The number of phenols is 2. The lowest BCUT2D eigenvalue weighted by atomic mass is 10.0. The molecule has 0 radical (unpaired) electrons. The number of phenolic OH excluding ortho intramolecular Hbond substituents is 2. The molecule has 0 aliphatic carbocycles. The van der Waals surface area contributed by atoms with Gasteiger partial charge in [0.2, 0.25) is 0 Å². The van der Waals surface area contributed by atoms with Crippen molar-refractivity contribution in [3.63, 3.8) is 0 Å². The van der Waals surface area contributed by atoms with Crippen LogP contribution in [-0.2, 0) is 16.1 Å². The van der Waals surface area contributed by atoms with Gasteiger partial charge < -0.3 is 14.9 Å². The highest BCUT2D eigenvalue weighted by molar-refractivity contribution is 5.69. The second-order valence-electron chi connectivity index (χ2n) is 7.48. The molecule has 4 nitrogen and oxygen atoms in total. The number of carbonyl (C=O) groups is 1. The van der Waals surface area contributed by atoms with E-state index >= 15 is 0 Å². The second-order valence-corrected chi connectivity index (χ2v) is 7.48. The predicted molar refractivity (Wildman–Crippen MR) is 110 cm³/mol. The monoisotopic (exact) mass is 378 g/mol. The van der Waals surface area contributed by atoms with E-state index in [0.717, 1.165) is 12.8 Å². The van der Waals surface area contributed by atoms with Gasteiger partial charge >= 0.3 is 5.97 Å². The molecule has 0 fully saturated rings. The highest BCUT2D eigenvalue weighted by atomic mass is 16.5. The minimum absolute atomic E-state index is 0.130. The summed E-state index contributed by atoms with van der Waals surface area (Å²) in [6, 6.07) is 4.44. The van der Waals surface area contributed by atoms with Gasteiger partial charge in [-0.3, -0.25) is 4.79 Å². The molecule has 0 bridgehead atoms. The zero-order valence-electron chi connectivity index (χ0n) is 17.0. The molecule has 0 heterocycles. The number of esters is 1. The number of rotatable bonds is 16. The summed E-state index contributed by atoms with van der Waals surface area (Å²) in [4.78, 5) is 11.7. The molecule has 0 amide bonds. The van der Waals surface area contributed by atoms with E-state index in [1.807, 2.05) is 0 Å². The van der Waals surface area contributed by atoms with E-state index in [2.05, 4.69) is 6.92 Å². The van der Waals surface area contributed by atoms with Crippen LogP contribution in [0.3, 0.4) is 0 Å². The molecule has 0 aliphatic rings. The van der Waals surface area contributed by atoms with Crippen LogP contribution in [0, 0.1) is 0 Å². The SMILES string of the molecule is CCCCCCCCCCCCCCCC(=O)OCc1ccc(O)c(O)c1. The molecule has 0 saturated carbocycles. The van der Waals surface area contributed by atoms with Gasteiger partial charge in [0, 0.05) is 6.42 Å². The van der Waals surface area contributed by atoms with Crippen LogP contribution in [0.15, 0.2) is 18.2 Å². The number of carbonyl (C=O) groups excluding carboxylic acids is 1. The summed E-state index contributed by atoms with van der Waals surface area (Å²) in [7, 11) is 0. The van der Waals surface area contributed by atoms with E-state index in [1.165, 1.54) is 82.8 Å². The van der Waals surface area contributed by atoms with Crippen molar-refractivity contribution < 1.29 is 19.7 Å². The zero-order valence-corrected chi connectivity index (χ0v) is 17.0. The highest BCUT2D eigenvalue weighted by Gasteiger charge is 2.05.